The van der Waals surface area contributed by atoms with Gasteiger partial charge in [-0.2, -0.15) is 0 Å². The minimum atomic E-state index is 0. The van der Waals surface area contributed by atoms with Crippen molar-refractivity contribution in [1.82, 2.24) is 5.32 Å². The second-order valence-corrected chi connectivity index (χ2v) is 3.85. The van der Waals surface area contributed by atoms with Gasteiger partial charge in [-0.25, -0.2) is 0 Å². The summed E-state index contributed by atoms with van der Waals surface area (Å²) in [5, 5.41) is 12.3. The number of hydrogen-bond donors (Lipinski definition) is 2. The van der Waals surface area contributed by atoms with Gasteiger partial charge in [-0.1, -0.05) is 11.6 Å². The van der Waals surface area contributed by atoms with E-state index in [1.807, 2.05) is 19.1 Å². The Hall–Kier alpha value is -0.680. The third-order valence-corrected chi connectivity index (χ3v) is 2.48. The first-order valence-corrected chi connectivity index (χ1v) is 5.91. The fourth-order valence-electron chi connectivity index (χ4n) is 1.47. The maximum absolute atomic E-state index is 8.68. The molecule has 0 saturated carbocycles. The van der Waals surface area contributed by atoms with E-state index >= 15 is 0 Å². The molecule has 0 radical (unpaired) electrons. The zero-order chi connectivity index (χ0) is 12.7. The Balaban J connectivity index is 0.00000289. The van der Waals surface area contributed by atoms with Crippen LogP contribution in [0.5, 0.6) is 11.5 Å². The second kappa shape index (κ2) is 9.28. The summed E-state index contributed by atoms with van der Waals surface area (Å²) >= 11 is 6.12. The second-order valence-electron chi connectivity index (χ2n) is 3.44. The zero-order valence-corrected chi connectivity index (χ0v) is 12.1. The summed E-state index contributed by atoms with van der Waals surface area (Å²) in [5.41, 5.74) is 0.990. The fourth-order valence-corrected chi connectivity index (χ4v) is 1.76. The van der Waals surface area contributed by atoms with Crippen LogP contribution in [-0.4, -0.2) is 32.0 Å². The molecular formula is C12H19Cl2NO3. The molecule has 2 N–H and O–H groups in total. The number of nitrogens with one attached hydrogen (secondary N) is 1. The summed E-state index contributed by atoms with van der Waals surface area (Å²) in [6.07, 6.45) is 0. The van der Waals surface area contributed by atoms with Crippen LogP contribution in [0.1, 0.15) is 12.5 Å². The average Bonchev–Trinajstić information content (AvgIpc) is 2.32. The quantitative estimate of drug-likeness (QED) is 0.758. The van der Waals surface area contributed by atoms with Crippen molar-refractivity contribution in [3.63, 3.8) is 0 Å². The molecule has 0 atom stereocenters. The zero-order valence-electron chi connectivity index (χ0n) is 10.5. The predicted molar refractivity (Wildman–Crippen MR) is 75.2 cm³/mol. The third kappa shape index (κ3) is 4.90. The highest BCUT2D eigenvalue weighted by Gasteiger charge is 2.11. The highest BCUT2D eigenvalue weighted by molar-refractivity contribution is 6.32. The minimum absolute atomic E-state index is 0. The molecule has 0 aromatic heterocycles. The Morgan fingerprint density at radius 2 is 2.11 bits per heavy atom. The van der Waals surface area contributed by atoms with Gasteiger partial charge in [-0.3, -0.25) is 0 Å². The molecule has 0 spiro atoms. The topological polar surface area (TPSA) is 50.7 Å². The van der Waals surface area contributed by atoms with Gasteiger partial charge >= 0.3 is 0 Å². The Morgan fingerprint density at radius 3 is 2.67 bits per heavy atom. The molecule has 0 unspecified atom stereocenters. The van der Waals surface area contributed by atoms with Crippen molar-refractivity contribution in [2.24, 2.45) is 0 Å². The first-order chi connectivity index (χ1) is 8.22. The van der Waals surface area contributed by atoms with Crippen molar-refractivity contribution in [2.75, 3.05) is 26.9 Å². The first-order valence-electron chi connectivity index (χ1n) is 5.53. The summed E-state index contributed by atoms with van der Waals surface area (Å²) in [6, 6.07) is 3.71. The Bertz CT molecular complexity index is 361. The van der Waals surface area contributed by atoms with Crippen LogP contribution in [0.25, 0.3) is 0 Å². The van der Waals surface area contributed by atoms with Crippen molar-refractivity contribution < 1.29 is 14.6 Å². The van der Waals surface area contributed by atoms with Gasteiger partial charge in [0.1, 0.15) is 0 Å². The molecule has 0 fully saturated rings. The van der Waals surface area contributed by atoms with Gasteiger partial charge in [-0.05, 0) is 24.6 Å². The lowest BCUT2D eigenvalue weighted by Crippen LogP contribution is -2.17. The van der Waals surface area contributed by atoms with Crippen LogP contribution in [0.3, 0.4) is 0 Å². The monoisotopic (exact) mass is 295 g/mol. The number of methoxy groups -OCH3 is 1. The molecule has 18 heavy (non-hydrogen) atoms. The highest BCUT2D eigenvalue weighted by Crippen LogP contribution is 2.36. The highest BCUT2D eigenvalue weighted by atomic mass is 35.5. The first kappa shape index (κ1) is 17.3. The van der Waals surface area contributed by atoms with Crippen molar-refractivity contribution in [1.29, 1.82) is 0 Å². The van der Waals surface area contributed by atoms with Crippen LogP contribution in [-0.2, 0) is 6.54 Å². The van der Waals surface area contributed by atoms with Gasteiger partial charge in [0.15, 0.2) is 11.5 Å². The molecular weight excluding hydrogens is 277 g/mol. The van der Waals surface area contributed by atoms with E-state index in [-0.39, 0.29) is 19.0 Å². The summed E-state index contributed by atoms with van der Waals surface area (Å²) < 4.78 is 10.7. The Labute approximate surface area is 119 Å². The van der Waals surface area contributed by atoms with E-state index in [0.29, 0.717) is 36.2 Å². The number of benzene rings is 1. The van der Waals surface area contributed by atoms with Gasteiger partial charge in [0.25, 0.3) is 0 Å². The molecule has 0 aliphatic rings. The molecule has 0 saturated heterocycles. The molecule has 1 aromatic carbocycles. The summed E-state index contributed by atoms with van der Waals surface area (Å²) in [5.74, 6) is 1.20. The average molecular weight is 296 g/mol. The van der Waals surface area contributed by atoms with Crippen molar-refractivity contribution in [3.8, 4) is 11.5 Å². The molecule has 1 rings (SSSR count). The van der Waals surface area contributed by atoms with E-state index in [1.54, 1.807) is 7.11 Å². The molecule has 0 amide bonds. The van der Waals surface area contributed by atoms with E-state index < -0.39 is 0 Å². The lowest BCUT2D eigenvalue weighted by atomic mass is 10.2. The molecule has 104 valence electrons. The van der Waals surface area contributed by atoms with Crippen LogP contribution in [0.2, 0.25) is 5.02 Å². The number of rotatable bonds is 7. The molecule has 4 nitrogen and oxygen atoms in total. The van der Waals surface area contributed by atoms with Crippen molar-refractivity contribution in [3.05, 3.63) is 22.7 Å². The van der Waals surface area contributed by atoms with E-state index in [9.17, 15) is 0 Å². The van der Waals surface area contributed by atoms with E-state index in [2.05, 4.69) is 5.32 Å². The van der Waals surface area contributed by atoms with Crippen LogP contribution < -0.4 is 14.8 Å². The molecule has 6 heteroatoms. The molecule has 0 aliphatic heterocycles. The SMILES string of the molecule is CCOc1c(Cl)cc(CNCCO)cc1OC.Cl. The minimum Gasteiger partial charge on any atom is -0.493 e. The maximum atomic E-state index is 8.68. The van der Waals surface area contributed by atoms with Crippen LogP contribution in [0.4, 0.5) is 0 Å². The summed E-state index contributed by atoms with van der Waals surface area (Å²) in [7, 11) is 1.58. The maximum Gasteiger partial charge on any atom is 0.179 e. The van der Waals surface area contributed by atoms with Gasteiger partial charge in [-0.15, -0.1) is 12.4 Å². The van der Waals surface area contributed by atoms with Gasteiger partial charge in [0.2, 0.25) is 0 Å². The van der Waals surface area contributed by atoms with E-state index in [1.165, 1.54) is 0 Å². The number of ether oxygens (including phenoxy) is 2. The van der Waals surface area contributed by atoms with Gasteiger partial charge in [0, 0.05) is 13.1 Å². The lowest BCUT2D eigenvalue weighted by Gasteiger charge is -2.13. The lowest BCUT2D eigenvalue weighted by molar-refractivity contribution is 0.291. The van der Waals surface area contributed by atoms with Crippen molar-refractivity contribution in [2.45, 2.75) is 13.5 Å². The number of halogens is 2. The van der Waals surface area contributed by atoms with Crippen LogP contribution in [0, 0.1) is 0 Å². The predicted octanol–water partition coefficient (Wildman–Crippen LogP) is 2.25. The number of aliphatic hydroxyl groups excluding tert-OH is 1. The Kier molecular flexibility index (Phi) is 8.93. The molecule has 0 heterocycles. The molecule has 0 aliphatic carbocycles. The van der Waals surface area contributed by atoms with Crippen LogP contribution >= 0.6 is 24.0 Å². The van der Waals surface area contributed by atoms with Crippen LogP contribution in [0.15, 0.2) is 12.1 Å². The fraction of sp³-hybridized carbons (Fsp3) is 0.500. The molecule has 0 bridgehead atoms. The van der Waals surface area contributed by atoms with Gasteiger partial charge < -0.3 is 19.9 Å². The molecule has 1 aromatic rings. The summed E-state index contributed by atoms with van der Waals surface area (Å²) in [4.78, 5) is 0. The normalized spacial score (nSPS) is 9.78. The number of hydrogen-bond acceptors (Lipinski definition) is 4. The largest absolute Gasteiger partial charge is 0.493 e. The van der Waals surface area contributed by atoms with E-state index in [4.69, 9.17) is 26.2 Å². The smallest absolute Gasteiger partial charge is 0.179 e. The van der Waals surface area contributed by atoms with Gasteiger partial charge in [0.05, 0.1) is 25.3 Å². The third-order valence-electron chi connectivity index (χ3n) is 2.20. The van der Waals surface area contributed by atoms with Crippen molar-refractivity contribution >= 4 is 24.0 Å². The summed E-state index contributed by atoms with van der Waals surface area (Å²) in [6.45, 7) is 3.72. The van der Waals surface area contributed by atoms with E-state index in [0.717, 1.165) is 5.56 Å². The number of aliphatic hydroxyl groups is 1. The standard InChI is InChI=1S/C12H18ClNO3.ClH/c1-3-17-12-10(13)6-9(7-11(12)16-2)8-14-4-5-15;/h6-7,14-15H,3-5,8H2,1-2H3;1H. The Morgan fingerprint density at radius 1 is 1.39 bits per heavy atom.